The second-order valence-corrected chi connectivity index (χ2v) is 5.80. The molecule has 0 spiro atoms. The van der Waals surface area contributed by atoms with Gasteiger partial charge in [-0.2, -0.15) is 13.2 Å². The Hall–Kier alpha value is -3.17. The molecular weight excluding hydrogens is 368 g/mol. The Balaban J connectivity index is 1.70. The van der Waals surface area contributed by atoms with Crippen molar-refractivity contribution in [3.63, 3.8) is 0 Å². The number of aromatic nitrogens is 3. The summed E-state index contributed by atoms with van der Waals surface area (Å²) >= 11 is 0. The van der Waals surface area contributed by atoms with Gasteiger partial charge in [0.2, 0.25) is 5.88 Å². The third-order valence-corrected chi connectivity index (χ3v) is 3.64. The van der Waals surface area contributed by atoms with Gasteiger partial charge in [-0.3, -0.25) is 9.78 Å². The van der Waals surface area contributed by atoms with Gasteiger partial charge in [-0.05, 0) is 31.2 Å². The number of alkyl halides is 3. The number of benzene rings is 1. The normalized spacial score (nSPS) is 12.8. The molecule has 0 bridgehead atoms. The monoisotopic (exact) mass is 382 g/mol. The molecule has 0 fully saturated rings. The molecule has 2 heterocycles. The van der Waals surface area contributed by atoms with Gasteiger partial charge in [0.05, 0.1) is 24.1 Å². The quantitative estimate of drug-likeness (QED) is 0.662. The summed E-state index contributed by atoms with van der Waals surface area (Å²) < 4.78 is 54.4. The molecule has 1 amide bonds. The van der Waals surface area contributed by atoms with Crippen molar-refractivity contribution in [2.45, 2.75) is 19.1 Å². The summed E-state index contributed by atoms with van der Waals surface area (Å²) in [4.78, 5) is 22.9. The number of hydrogen-bond acceptors (Lipinski definition) is 4. The number of H-pyrrole nitrogens is 1. The number of rotatable bonds is 5. The number of aromatic amines is 1. The number of fused-ring (bicyclic) bond motifs is 1. The average Bonchev–Trinajstić information content (AvgIpc) is 3.03. The smallest absolute Gasteiger partial charge is 0.422 e. The Labute approximate surface area is 150 Å². The van der Waals surface area contributed by atoms with Gasteiger partial charge in [-0.25, -0.2) is 9.37 Å². The minimum atomic E-state index is -4.49. The van der Waals surface area contributed by atoms with E-state index in [1.165, 1.54) is 24.4 Å². The van der Waals surface area contributed by atoms with E-state index >= 15 is 0 Å². The summed E-state index contributed by atoms with van der Waals surface area (Å²) in [5.41, 5.74) is 0.903. The molecule has 142 valence electrons. The summed E-state index contributed by atoms with van der Waals surface area (Å²) in [5, 5.41) is 3.31. The fourth-order valence-electron chi connectivity index (χ4n) is 2.37. The summed E-state index contributed by atoms with van der Waals surface area (Å²) in [5.74, 6) is -1.22. The summed E-state index contributed by atoms with van der Waals surface area (Å²) in [6.07, 6.45) is -2.13. The topological polar surface area (TPSA) is 79.9 Å². The molecule has 3 aromatic rings. The molecule has 1 atom stereocenters. The first kappa shape index (κ1) is 18.6. The third-order valence-electron chi connectivity index (χ3n) is 3.64. The number of ether oxygens (including phenoxy) is 1. The van der Waals surface area contributed by atoms with Crippen LogP contribution in [0.5, 0.6) is 5.88 Å². The first-order chi connectivity index (χ1) is 12.7. The van der Waals surface area contributed by atoms with Crippen molar-refractivity contribution >= 4 is 16.8 Å². The maximum atomic E-state index is 13.2. The predicted molar refractivity (Wildman–Crippen MR) is 87.7 cm³/mol. The molecule has 0 saturated heterocycles. The first-order valence-electron chi connectivity index (χ1n) is 7.82. The largest absolute Gasteiger partial charge is 0.467 e. The van der Waals surface area contributed by atoms with Crippen LogP contribution in [0.3, 0.4) is 0 Å². The summed E-state index contributed by atoms with van der Waals surface area (Å²) in [7, 11) is 0. The maximum absolute atomic E-state index is 13.2. The highest BCUT2D eigenvalue weighted by Gasteiger charge is 2.28. The summed E-state index contributed by atoms with van der Waals surface area (Å²) in [6, 6.07) is 4.99. The molecule has 3 rings (SSSR count). The number of carbonyl (C=O) groups excluding carboxylic acids is 1. The van der Waals surface area contributed by atoms with Crippen molar-refractivity contribution in [2.75, 3.05) is 6.61 Å². The van der Waals surface area contributed by atoms with Crippen molar-refractivity contribution in [3.05, 3.63) is 53.9 Å². The van der Waals surface area contributed by atoms with Gasteiger partial charge in [0.1, 0.15) is 11.5 Å². The Morgan fingerprint density at radius 2 is 2.07 bits per heavy atom. The van der Waals surface area contributed by atoms with E-state index in [4.69, 9.17) is 0 Å². The van der Waals surface area contributed by atoms with Crippen molar-refractivity contribution < 1.29 is 27.1 Å². The highest BCUT2D eigenvalue weighted by molar-refractivity contribution is 5.98. The molecule has 0 aliphatic rings. The molecule has 1 unspecified atom stereocenters. The lowest BCUT2D eigenvalue weighted by atomic mass is 10.2. The molecule has 0 radical (unpaired) electrons. The van der Waals surface area contributed by atoms with Crippen LogP contribution in [-0.4, -0.2) is 33.6 Å². The molecular formula is C17H14F4N4O2. The zero-order chi connectivity index (χ0) is 19.6. The fraction of sp³-hybridized carbons (Fsp3) is 0.235. The molecule has 0 saturated carbocycles. The molecule has 0 aliphatic carbocycles. The molecule has 6 nitrogen and oxygen atoms in total. The van der Waals surface area contributed by atoms with Gasteiger partial charge in [0.15, 0.2) is 6.61 Å². The number of nitrogens with zero attached hydrogens (tertiary/aromatic N) is 2. The van der Waals surface area contributed by atoms with Crippen LogP contribution >= 0.6 is 0 Å². The zero-order valence-electron chi connectivity index (χ0n) is 14.0. The Morgan fingerprint density at radius 1 is 1.30 bits per heavy atom. The molecule has 1 aromatic carbocycles. The molecule has 2 N–H and O–H groups in total. The van der Waals surface area contributed by atoms with Crippen molar-refractivity contribution in [2.24, 2.45) is 0 Å². The maximum Gasteiger partial charge on any atom is 0.422 e. The van der Waals surface area contributed by atoms with Crippen LogP contribution in [0.1, 0.15) is 29.1 Å². The third kappa shape index (κ3) is 4.72. The second kappa shape index (κ2) is 7.22. The lowest BCUT2D eigenvalue weighted by molar-refractivity contribution is -0.154. The highest BCUT2D eigenvalue weighted by atomic mass is 19.4. The number of halogens is 4. The fourth-order valence-corrected chi connectivity index (χ4v) is 2.37. The van der Waals surface area contributed by atoms with Crippen molar-refractivity contribution in [1.82, 2.24) is 20.3 Å². The molecule has 27 heavy (non-hydrogen) atoms. The van der Waals surface area contributed by atoms with Crippen molar-refractivity contribution in [1.29, 1.82) is 0 Å². The Bertz CT molecular complexity index is 971. The minimum Gasteiger partial charge on any atom is -0.467 e. The van der Waals surface area contributed by atoms with Crippen LogP contribution in [0.2, 0.25) is 0 Å². The van der Waals surface area contributed by atoms with E-state index < -0.39 is 30.5 Å². The minimum absolute atomic E-state index is 0.208. The Kier molecular flexibility index (Phi) is 4.98. The van der Waals surface area contributed by atoms with E-state index in [1.54, 1.807) is 13.0 Å². The molecule has 10 heteroatoms. The molecule has 0 aliphatic heterocycles. The highest BCUT2D eigenvalue weighted by Crippen LogP contribution is 2.19. The van der Waals surface area contributed by atoms with E-state index in [2.05, 4.69) is 25.0 Å². The van der Waals surface area contributed by atoms with E-state index in [0.29, 0.717) is 10.9 Å². The first-order valence-corrected chi connectivity index (χ1v) is 7.82. The van der Waals surface area contributed by atoms with Crippen LogP contribution in [0.15, 0.2) is 36.7 Å². The SMILES string of the molecule is CC(NC(=O)c1cc2ccc(F)cc2[nH]1)c1cncc(OCC(F)(F)F)n1. The van der Waals surface area contributed by atoms with Crippen LogP contribution < -0.4 is 10.1 Å². The van der Waals surface area contributed by atoms with Gasteiger partial charge in [-0.15, -0.1) is 0 Å². The zero-order valence-corrected chi connectivity index (χ0v) is 14.0. The molecule has 2 aromatic heterocycles. The van der Waals surface area contributed by atoms with Gasteiger partial charge >= 0.3 is 6.18 Å². The second-order valence-electron chi connectivity index (χ2n) is 5.80. The standard InChI is InChI=1S/C17H14F4N4O2/c1-9(14-6-22-7-15(25-14)27-8-17(19,20)21)23-16(26)13-4-10-2-3-11(18)5-12(10)24-13/h2-7,9,24H,8H2,1H3,(H,23,26). The lowest BCUT2D eigenvalue weighted by Gasteiger charge is -2.14. The van der Waals surface area contributed by atoms with Gasteiger partial charge in [0, 0.05) is 10.9 Å². The number of nitrogens with one attached hydrogen (secondary N) is 2. The van der Waals surface area contributed by atoms with E-state index in [1.807, 2.05) is 0 Å². The van der Waals surface area contributed by atoms with E-state index in [9.17, 15) is 22.4 Å². The van der Waals surface area contributed by atoms with E-state index in [-0.39, 0.29) is 17.3 Å². The average molecular weight is 382 g/mol. The Morgan fingerprint density at radius 3 is 2.81 bits per heavy atom. The van der Waals surface area contributed by atoms with E-state index in [0.717, 1.165) is 6.20 Å². The predicted octanol–water partition coefficient (Wildman–Crippen LogP) is 3.53. The number of carbonyl (C=O) groups is 1. The number of hydrogen-bond donors (Lipinski definition) is 2. The summed E-state index contributed by atoms with van der Waals surface area (Å²) in [6.45, 7) is 0.106. The van der Waals surface area contributed by atoms with Gasteiger partial charge in [0.25, 0.3) is 5.91 Å². The van der Waals surface area contributed by atoms with Crippen LogP contribution in [0.4, 0.5) is 17.6 Å². The van der Waals surface area contributed by atoms with Crippen LogP contribution in [-0.2, 0) is 0 Å². The van der Waals surface area contributed by atoms with Gasteiger partial charge < -0.3 is 15.0 Å². The lowest BCUT2D eigenvalue weighted by Crippen LogP contribution is -2.27. The number of amides is 1. The van der Waals surface area contributed by atoms with Crippen LogP contribution in [0, 0.1) is 5.82 Å². The van der Waals surface area contributed by atoms with Crippen LogP contribution in [0.25, 0.3) is 10.9 Å². The van der Waals surface area contributed by atoms with Crippen molar-refractivity contribution in [3.8, 4) is 5.88 Å². The van der Waals surface area contributed by atoms with Gasteiger partial charge in [-0.1, -0.05) is 0 Å².